The van der Waals surface area contributed by atoms with Gasteiger partial charge in [0.25, 0.3) is 0 Å². The van der Waals surface area contributed by atoms with Gasteiger partial charge in [0.1, 0.15) is 0 Å². The standard InChI is InChI=1S/C9H18N2O2/c1-4-5-10-7-9(12)11-6-8(2)13-3/h4,8,10H,1,5-7H2,2-3H3,(H,11,12). The Kier molecular flexibility index (Phi) is 7.24. The zero-order valence-corrected chi connectivity index (χ0v) is 8.30. The Morgan fingerprint density at radius 1 is 1.69 bits per heavy atom. The van der Waals surface area contributed by atoms with Crippen molar-refractivity contribution in [1.82, 2.24) is 10.6 Å². The lowest BCUT2D eigenvalue weighted by atomic mass is 10.4. The molecule has 0 saturated heterocycles. The molecule has 0 rings (SSSR count). The van der Waals surface area contributed by atoms with Crippen molar-refractivity contribution in [3.8, 4) is 0 Å². The molecule has 1 atom stereocenters. The van der Waals surface area contributed by atoms with Crippen molar-refractivity contribution in [2.45, 2.75) is 13.0 Å². The molecule has 0 saturated carbocycles. The first kappa shape index (κ1) is 12.1. The summed E-state index contributed by atoms with van der Waals surface area (Å²) in [6.07, 6.45) is 1.77. The number of carbonyl (C=O) groups is 1. The van der Waals surface area contributed by atoms with Crippen LogP contribution in [0.4, 0.5) is 0 Å². The summed E-state index contributed by atoms with van der Waals surface area (Å²) in [6, 6.07) is 0. The molecule has 0 aromatic carbocycles. The maximum absolute atomic E-state index is 11.1. The topological polar surface area (TPSA) is 50.4 Å². The lowest BCUT2D eigenvalue weighted by Crippen LogP contribution is -2.37. The molecular weight excluding hydrogens is 168 g/mol. The van der Waals surface area contributed by atoms with Crippen molar-refractivity contribution in [1.29, 1.82) is 0 Å². The van der Waals surface area contributed by atoms with E-state index >= 15 is 0 Å². The van der Waals surface area contributed by atoms with Gasteiger partial charge >= 0.3 is 0 Å². The zero-order chi connectivity index (χ0) is 10.1. The highest BCUT2D eigenvalue weighted by Gasteiger charge is 2.02. The highest BCUT2D eigenvalue weighted by molar-refractivity contribution is 5.77. The number of hydrogen-bond acceptors (Lipinski definition) is 3. The van der Waals surface area contributed by atoms with Crippen LogP contribution >= 0.6 is 0 Å². The Balaban J connectivity index is 3.34. The number of ether oxygens (including phenoxy) is 1. The van der Waals surface area contributed by atoms with Gasteiger partial charge in [-0.05, 0) is 6.92 Å². The molecule has 0 spiro atoms. The van der Waals surface area contributed by atoms with Gasteiger partial charge < -0.3 is 15.4 Å². The molecule has 13 heavy (non-hydrogen) atoms. The SMILES string of the molecule is C=CCNCC(=O)NCC(C)OC. The Hall–Kier alpha value is -0.870. The van der Waals surface area contributed by atoms with Crippen molar-refractivity contribution < 1.29 is 9.53 Å². The van der Waals surface area contributed by atoms with E-state index in [0.717, 1.165) is 0 Å². The molecule has 4 nitrogen and oxygen atoms in total. The van der Waals surface area contributed by atoms with Gasteiger partial charge in [0.2, 0.25) is 5.91 Å². The number of rotatable bonds is 7. The van der Waals surface area contributed by atoms with Crippen LogP contribution in [-0.4, -0.2) is 38.8 Å². The molecule has 2 N–H and O–H groups in total. The van der Waals surface area contributed by atoms with Gasteiger partial charge in [-0.15, -0.1) is 6.58 Å². The molecule has 76 valence electrons. The van der Waals surface area contributed by atoms with E-state index in [4.69, 9.17) is 4.74 Å². The van der Waals surface area contributed by atoms with Crippen LogP contribution in [-0.2, 0) is 9.53 Å². The Labute approximate surface area is 79.3 Å². The molecule has 0 aliphatic rings. The van der Waals surface area contributed by atoms with E-state index in [2.05, 4.69) is 17.2 Å². The highest BCUT2D eigenvalue weighted by atomic mass is 16.5. The summed E-state index contributed by atoms with van der Waals surface area (Å²) >= 11 is 0. The molecule has 4 heteroatoms. The second-order valence-corrected chi connectivity index (χ2v) is 2.77. The Bertz CT molecular complexity index is 160. The fourth-order valence-electron chi connectivity index (χ4n) is 0.691. The third-order valence-corrected chi connectivity index (χ3v) is 1.56. The summed E-state index contributed by atoms with van der Waals surface area (Å²) < 4.78 is 4.97. The highest BCUT2D eigenvalue weighted by Crippen LogP contribution is 1.82. The predicted octanol–water partition coefficient (Wildman–Crippen LogP) is -0.0869. The van der Waals surface area contributed by atoms with E-state index in [-0.39, 0.29) is 12.0 Å². The maximum atomic E-state index is 11.1. The molecule has 0 aliphatic carbocycles. The molecule has 1 amide bonds. The molecule has 0 radical (unpaired) electrons. The van der Waals surface area contributed by atoms with E-state index in [0.29, 0.717) is 19.6 Å². The predicted molar refractivity (Wildman–Crippen MR) is 52.5 cm³/mol. The van der Waals surface area contributed by atoms with Gasteiger partial charge in [-0.3, -0.25) is 4.79 Å². The van der Waals surface area contributed by atoms with Crippen LogP contribution in [0.2, 0.25) is 0 Å². The van der Waals surface area contributed by atoms with Gasteiger partial charge in [-0.2, -0.15) is 0 Å². The largest absolute Gasteiger partial charge is 0.380 e. The van der Waals surface area contributed by atoms with Crippen molar-refractivity contribution >= 4 is 5.91 Å². The third kappa shape index (κ3) is 7.49. The van der Waals surface area contributed by atoms with Gasteiger partial charge in [-0.1, -0.05) is 6.08 Å². The van der Waals surface area contributed by atoms with E-state index in [1.807, 2.05) is 6.92 Å². The average molecular weight is 186 g/mol. The number of hydrogen-bond donors (Lipinski definition) is 2. The molecule has 0 aromatic heterocycles. The lowest BCUT2D eigenvalue weighted by molar-refractivity contribution is -0.120. The fraction of sp³-hybridized carbons (Fsp3) is 0.667. The van der Waals surface area contributed by atoms with E-state index in [1.54, 1.807) is 13.2 Å². The molecule has 0 aliphatic heterocycles. The van der Waals surface area contributed by atoms with Gasteiger partial charge in [0, 0.05) is 20.2 Å². The van der Waals surface area contributed by atoms with Crippen LogP contribution in [0, 0.1) is 0 Å². The van der Waals surface area contributed by atoms with Crippen molar-refractivity contribution in [2.24, 2.45) is 0 Å². The van der Waals surface area contributed by atoms with E-state index in [1.165, 1.54) is 0 Å². The zero-order valence-electron chi connectivity index (χ0n) is 8.30. The van der Waals surface area contributed by atoms with E-state index in [9.17, 15) is 4.79 Å². The summed E-state index contributed by atoms with van der Waals surface area (Å²) in [5.41, 5.74) is 0. The van der Waals surface area contributed by atoms with Crippen LogP contribution in [0.1, 0.15) is 6.92 Å². The maximum Gasteiger partial charge on any atom is 0.234 e. The van der Waals surface area contributed by atoms with Crippen molar-refractivity contribution in [3.63, 3.8) is 0 Å². The first-order valence-corrected chi connectivity index (χ1v) is 4.31. The lowest BCUT2D eigenvalue weighted by Gasteiger charge is -2.10. The minimum absolute atomic E-state index is 0.0225. The molecular formula is C9H18N2O2. The number of amides is 1. The Morgan fingerprint density at radius 2 is 2.38 bits per heavy atom. The second-order valence-electron chi connectivity index (χ2n) is 2.77. The van der Waals surface area contributed by atoms with Crippen LogP contribution in [0.25, 0.3) is 0 Å². The van der Waals surface area contributed by atoms with Gasteiger partial charge in [0.15, 0.2) is 0 Å². The molecule has 0 aromatic rings. The minimum Gasteiger partial charge on any atom is -0.380 e. The van der Waals surface area contributed by atoms with Crippen molar-refractivity contribution in [2.75, 3.05) is 26.7 Å². The van der Waals surface area contributed by atoms with Gasteiger partial charge in [0.05, 0.1) is 12.6 Å². The van der Waals surface area contributed by atoms with Crippen LogP contribution in [0.15, 0.2) is 12.7 Å². The number of nitrogens with one attached hydrogen (secondary N) is 2. The first-order valence-electron chi connectivity index (χ1n) is 4.31. The Morgan fingerprint density at radius 3 is 2.92 bits per heavy atom. The van der Waals surface area contributed by atoms with Crippen LogP contribution < -0.4 is 10.6 Å². The summed E-state index contributed by atoms with van der Waals surface area (Å²) in [4.78, 5) is 11.1. The monoisotopic (exact) mass is 186 g/mol. The smallest absolute Gasteiger partial charge is 0.234 e. The summed E-state index contributed by atoms with van der Waals surface area (Å²) in [6.45, 7) is 6.95. The summed E-state index contributed by atoms with van der Waals surface area (Å²) in [7, 11) is 1.62. The molecule has 0 fully saturated rings. The normalized spacial score (nSPS) is 12.2. The number of methoxy groups -OCH3 is 1. The number of carbonyl (C=O) groups excluding carboxylic acids is 1. The molecule has 0 heterocycles. The third-order valence-electron chi connectivity index (χ3n) is 1.56. The van der Waals surface area contributed by atoms with Crippen LogP contribution in [0.5, 0.6) is 0 Å². The molecule has 0 bridgehead atoms. The average Bonchev–Trinajstić information content (AvgIpc) is 2.14. The first-order chi connectivity index (χ1) is 6.20. The quantitative estimate of drug-likeness (QED) is 0.431. The second kappa shape index (κ2) is 7.76. The summed E-state index contributed by atoms with van der Waals surface area (Å²) in [5, 5.41) is 5.64. The molecule has 1 unspecified atom stereocenters. The fourth-order valence-corrected chi connectivity index (χ4v) is 0.691. The van der Waals surface area contributed by atoms with Crippen molar-refractivity contribution in [3.05, 3.63) is 12.7 Å². The van der Waals surface area contributed by atoms with E-state index < -0.39 is 0 Å². The van der Waals surface area contributed by atoms with Gasteiger partial charge in [-0.25, -0.2) is 0 Å². The summed E-state index contributed by atoms with van der Waals surface area (Å²) in [5.74, 6) is -0.0225. The van der Waals surface area contributed by atoms with Crippen LogP contribution in [0.3, 0.4) is 0 Å². The minimum atomic E-state index is -0.0225.